The van der Waals surface area contributed by atoms with E-state index >= 15 is 0 Å². The highest BCUT2D eigenvalue weighted by molar-refractivity contribution is 6.08. The number of rotatable bonds is 5. The Labute approximate surface area is 182 Å². The summed E-state index contributed by atoms with van der Waals surface area (Å²) < 4.78 is 6.00. The van der Waals surface area contributed by atoms with Crippen LogP contribution in [0, 0.1) is 5.92 Å². The Kier molecular flexibility index (Phi) is 5.77. The lowest BCUT2D eigenvalue weighted by atomic mass is 9.69. The predicted octanol–water partition coefficient (Wildman–Crippen LogP) is 5.13. The maximum atomic E-state index is 13.4. The highest BCUT2D eigenvalue weighted by Gasteiger charge is 2.45. The number of carboxylic acids is 1. The number of Topliss-reactive ketones (excluding diaryl/α,β-unsaturated/α-hetero) is 1. The average molecular weight is 418 g/mol. The zero-order valence-electron chi connectivity index (χ0n) is 18.0. The Morgan fingerprint density at radius 1 is 1.06 bits per heavy atom. The molecule has 1 aliphatic carbocycles. The first-order valence-electron chi connectivity index (χ1n) is 10.7. The second-order valence-corrected chi connectivity index (χ2v) is 8.55. The summed E-state index contributed by atoms with van der Waals surface area (Å²) in [4.78, 5) is 30.4. The van der Waals surface area contributed by atoms with Crippen molar-refractivity contribution in [2.24, 2.45) is 10.9 Å². The van der Waals surface area contributed by atoms with E-state index in [1.807, 2.05) is 68.4 Å². The van der Waals surface area contributed by atoms with E-state index in [4.69, 9.17) is 4.74 Å². The van der Waals surface area contributed by atoms with Crippen molar-refractivity contribution in [1.82, 2.24) is 0 Å². The van der Waals surface area contributed by atoms with Crippen LogP contribution in [0.4, 0.5) is 0 Å². The molecular formula is C26H27NO4. The minimum atomic E-state index is -0.977. The van der Waals surface area contributed by atoms with Gasteiger partial charge in [0.25, 0.3) is 0 Å². The molecule has 3 atom stereocenters. The topological polar surface area (TPSA) is 76.0 Å². The summed E-state index contributed by atoms with van der Waals surface area (Å²) in [6.07, 6.45) is 0.909. The molecule has 0 spiro atoms. The van der Waals surface area contributed by atoms with Gasteiger partial charge in [-0.2, -0.15) is 0 Å². The van der Waals surface area contributed by atoms with Crippen LogP contribution in [-0.4, -0.2) is 28.7 Å². The third-order valence-electron chi connectivity index (χ3n) is 6.04. The Morgan fingerprint density at radius 2 is 1.74 bits per heavy atom. The molecule has 1 N–H and O–H groups in total. The minimum absolute atomic E-state index is 0.0260. The number of hydrogen-bond acceptors (Lipinski definition) is 4. The molecule has 0 saturated heterocycles. The largest absolute Gasteiger partial charge is 0.491 e. The molecule has 2 aromatic rings. The zero-order chi connectivity index (χ0) is 22.1. The van der Waals surface area contributed by atoms with Crippen molar-refractivity contribution in [2.75, 3.05) is 0 Å². The molecular weight excluding hydrogens is 390 g/mol. The number of ketones is 1. The molecule has 0 bridgehead atoms. The predicted molar refractivity (Wildman–Crippen MR) is 120 cm³/mol. The van der Waals surface area contributed by atoms with Gasteiger partial charge in [-0.25, -0.2) is 0 Å². The van der Waals surface area contributed by atoms with Crippen molar-refractivity contribution >= 4 is 17.5 Å². The van der Waals surface area contributed by atoms with Crippen LogP contribution in [0.5, 0.6) is 5.75 Å². The number of aliphatic imine (C=N–C) groups is 1. The van der Waals surface area contributed by atoms with Gasteiger partial charge in [-0.15, -0.1) is 0 Å². The molecule has 0 fully saturated rings. The number of ether oxygens (including phenoxy) is 1. The van der Waals surface area contributed by atoms with Crippen molar-refractivity contribution < 1.29 is 19.4 Å². The number of nitrogens with zero attached hydrogens (tertiary/aromatic N) is 1. The van der Waals surface area contributed by atoms with Gasteiger partial charge in [0.1, 0.15) is 11.7 Å². The number of carboxylic acid groups (broad SMARTS) is 1. The molecule has 1 aliphatic heterocycles. The number of carbonyl (C=O) groups is 2. The zero-order valence-corrected chi connectivity index (χ0v) is 18.0. The lowest BCUT2D eigenvalue weighted by Crippen LogP contribution is -2.37. The average Bonchev–Trinajstić information content (AvgIpc) is 2.73. The van der Waals surface area contributed by atoms with Gasteiger partial charge in [-0.1, -0.05) is 48.5 Å². The number of allylic oxidation sites excluding steroid dienone is 2. The Hall–Kier alpha value is -3.21. The van der Waals surface area contributed by atoms with Gasteiger partial charge in [-0.3, -0.25) is 14.6 Å². The quantitative estimate of drug-likeness (QED) is 0.731. The fourth-order valence-corrected chi connectivity index (χ4v) is 4.78. The van der Waals surface area contributed by atoms with E-state index < -0.39 is 17.8 Å². The lowest BCUT2D eigenvalue weighted by Gasteiger charge is -2.36. The molecule has 0 radical (unpaired) electrons. The fourth-order valence-electron chi connectivity index (χ4n) is 4.78. The third-order valence-corrected chi connectivity index (χ3v) is 6.04. The molecule has 5 nitrogen and oxygen atoms in total. The van der Waals surface area contributed by atoms with E-state index in [-0.39, 0.29) is 17.8 Å². The summed E-state index contributed by atoms with van der Waals surface area (Å²) in [5, 5.41) is 10.1. The summed E-state index contributed by atoms with van der Waals surface area (Å²) in [7, 11) is 0. The number of benzene rings is 2. The van der Waals surface area contributed by atoms with Crippen LogP contribution in [0.3, 0.4) is 0 Å². The molecule has 1 heterocycles. The standard InChI is InChI=1S/C26H27NO4/c1-15(2)31-22-12-8-7-11-19(22)24-23(26(29)30)16(3)27-20-13-18(14-21(28)25(20)24)17-9-5-4-6-10-17/h4-12,15,18,23-24H,13-14H2,1-3H3,(H,29,30). The van der Waals surface area contributed by atoms with E-state index in [0.29, 0.717) is 35.6 Å². The third kappa shape index (κ3) is 4.05. The van der Waals surface area contributed by atoms with Gasteiger partial charge in [0.2, 0.25) is 0 Å². The first-order valence-corrected chi connectivity index (χ1v) is 10.7. The molecule has 0 amide bonds. The van der Waals surface area contributed by atoms with Gasteiger partial charge in [0.05, 0.1) is 6.10 Å². The fraction of sp³-hybridized carbons (Fsp3) is 0.346. The Morgan fingerprint density at radius 3 is 2.42 bits per heavy atom. The highest BCUT2D eigenvalue weighted by atomic mass is 16.5. The number of hydrogen-bond donors (Lipinski definition) is 1. The number of para-hydroxylation sites is 1. The Balaban J connectivity index is 1.84. The van der Waals surface area contributed by atoms with E-state index in [1.54, 1.807) is 6.92 Å². The smallest absolute Gasteiger partial charge is 0.313 e. The number of aliphatic carboxylic acids is 1. The molecule has 0 saturated carbocycles. The minimum Gasteiger partial charge on any atom is -0.491 e. The van der Waals surface area contributed by atoms with Gasteiger partial charge in [-0.05, 0) is 44.7 Å². The van der Waals surface area contributed by atoms with Crippen LogP contribution >= 0.6 is 0 Å². The van der Waals surface area contributed by atoms with Crippen molar-refractivity contribution in [1.29, 1.82) is 0 Å². The first kappa shape index (κ1) is 21.0. The van der Waals surface area contributed by atoms with Crippen LogP contribution in [0.2, 0.25) is 0 Å². The van der Waals surface area contributed by atoms with Crippen molar-refractivity contribution in [3.05, 3.63) is 77.0 Å². The van der Waals surface area contributed by atoms with Gasteiger partial charge in [0, 0.05) is 34.9 Å². The van der Waals surface area contributed by atoms with Crippen LogP contribution in [-0.2, 0) is 9.59 Å². The highest BCUT2D eigenvalue weighted by Crippen LogP contribution is 2.48. The second-order valence-electron chi connectivity index (χ2n) is 8.55. The summed E-state index contributed by atoms with van der Waals surface area (Å²) in [6, 6.07) is 17.4. The molecule has 160 valence electrons. The number of carbonyl (C=O) groups excluding carboxylic acids is 1. The molecule has 2 aromatic carbocycles. The van der Waals surface area contributed by atoms with E-state index in [2.05, 4.69) is 4.99 Å². The molecule has 4 rings (SSSR count). The molecule has 5 heteroatoms. The van der Waals surface area contributed by atoms with Crippen LogP contribution < -0.4 is 4.74 Å². The second kappa shape index (κ2) is 8.50. The van der Waals surface area contributed by atoms with Crippen LogP contribution in [0.1, 0.15) is 56.6 Å². The SMILES string of the molecule is CC1=NC2=C(C(=O)CC(c3ccccc3)C2)C(c2ccccc2OC(C)C)C1C(=O)O. The van der Waals surface area contributed by atoms with Crippen molar-refractivity contribution in [3.63, 3.8) is 0 Å². The van der Waals surface area contributed by atoms with Gasteiger partial charge in [0.15, 0.2) is 5.78 Å². The maximum absolute atomic E-state index is 13.4. The van der Waals surface area contributed by atoms with Crippen molar-refractivity contribution in [3.8, 4) is 5.75 Å². The van der Waals surface area contributed by atoms with E-state index in [9.17, 15) is 14.7 Å². The van der Waals surface area contributed by atoms with Gasteiger partial charge < -0.3 is 9.84 Å². The summed E-state index contributed by atoms with van der Waals surface area (Å²) >= 11 is 0. The molecule has 2 aliphatic rings. The summed E-state index contributed by atoms with van der Waals surface area (Å²) in [5.41, 5.74) is 3.61. The van der Waals surface area contributed by atoms with Crippen LogP contribution in [0.25, 0.3) is 0 Å². The van der Waals surface area contributed by atoms with Crippen LogP contribution in [0.15, 0.2) is 70.9 Å². The summed E-state index contributed by atoms with van der Waals surface area (Å²) in [5.74, 6) is -1.84. The summed E-state index contributed by atoms with van der Waals surface area (Å²) in [6.45, 7) is 5.61. The van der Waals surface area contributed by atoms with Crippen molar-refractivity contribution in [2.45, 2.75) is 51.6 Å². The first-order chi connectivity index (χ1) is 14.9. The molecule has 31 heavy (non-hydrogen) atoms. The van der Waals surface area contributed by atoms with Gasteiger partial charge >= 0.3 is 5.97 Å². The normalized spacial score (nSPS) is 23.4. The monoisotopic (exact) mass is 417 g/mol. The molecule has 3 unspecified atom stereocenters. The lowest BCUT2D eigenvalue weighted by molar-refractivity contribution is -0.139. The van der Waals surface area contributed by atoms with E-state index in [0.717, 1.165) is 11.1 Å². The Bertz CT molecular complexity index is 1070. The van der Waals surface area contributed by atoms with E-state index in [1.165, 1.54) is 0 Å². The molecule has 0 aromatic heterocycles. The maximum Gasteiger partial charge on any atom is 0.313 e.